The quantitative estimate of drug-likeness (QED) is 0.0220. The van der Waals surface area contributed by atoms with E-state index in [2.05, 4.69) is 77.4 Å². The summed E-state index contributed by atoms with van der Waals surface area (Å²) in [5, 5.41) is 49.6. The van der Waals surface area contributed by atoms with Crippen molar-refractivity contribution < 1.29 is 174 Å². The minimum Gasteiger partial charge on any atom is -0.481 e. The molecule has 0 aliphatic heterocycles. The summed E-state index contributed by atoms with van der Waals surface area (Å²) >= 11 is 0. The minimum atomic E-state index is -1.25. The van der Waals surface area contributed by atoms with Gasteiger partial charge in [0.1, 0.15) is 39.6 Å². The molecule has 0 unspecified atom stereocenters. The molecule has 0 heterocycles. The van der Waals surface area contributed by atoms with Gasteiger partial charge >= 0.3 is 107 Å². The smallest absolute Gasteiger partial charge is 0.331 e. The van der Waals surface area contributed by atoms with E-state index in [1.807, 2.05) is 0 Å². The van der Waals surface area contributed by atoms with Gasteiger partial charge in [-0.3, -0.25) is 38.4 Å². The molecular weight excluding hydrogens is 1320 g/mol. The second-order valence-electron chi connectivity index (χ2n) is 17.2. The molecule has 0 aromatic heterocycles. The molecule has 98 heavy (non-hydrogen) atoms. The molecule has 6 N–H and O–H groups in total. The van der Waals surface area contributed by atoms with E-state index in [4.69, 9.17) is 49.6 Å². The molecule has 0 atom stereocenters. The summed E-state index contributed by atoms with van der Waals surface area (Å²) in [4.78, 5) is 189. The fourth-order valence-electron chi connectivity index (χ4n) is 4.76. The number of carboxylic acid groups (broad SMARTS) is 6. The van der Waals surface area contributed by atoms with Gasteiger partial charge in [0.05, 0.1) is 65.3 Å². The van der Waals surface area contributed by atoms with Crippen LogP contribution in [0.25, 0.3) is 0 Å². The maximum Gasteiger partial charge on any atom is 0.331 e. The summed E-state index contributed by atoms with van der Waals surface area (Å²) in [6, 6.07) is 0. The van der Waals surface area contributed by atoms with Crippen molar-refractivity contribution in [2.75, 3.05) is 79.3 Å². The zero-order valence-corrected chi connectivity index (χ0v) is 53.7. The SMILES string of the molecule is C=CC(=O)OCCCCOC(=O)/C=C/C(=O)O.C=CC(=O)OCCCCOC(=O)CCC(=O)O.C=CC(=O)OCCCCOC(=O)CCCC(=O)O.C=CC(=O)OCCOC(=O)/C=C/C(=O)O.C=CC(=O)OCCOC(=O)CCC(=O)O.C=CC(=O)OCCOC(=O)CCCC(=O)O. The number of rotatable bonds is 48. The number of ether oxygens (including phenoxy) is 12. The van der Waals surface area contributed by atoms with Gasteiger partial charge in [0, 0.05) is 86.4 Å². The second kappa shape index (κ2) is 71.2. The molecule has 0 saturated carbocycles. The number of hydrogen-bond acceptors (Lipinski definition) is 30. The van der Waals surface area contributed by atoms with Crippen LogP contribution in [0.3, 0.4) is 0 Å². The topological polar surface area (TPSA) is 539 Å². The van der Waals surface area contributed by atoms with E-state index in [1.165, 1.54) is 0 Å². The Morgan fingerprint density at radius 1 is 0.204 bits per heavy atom. The van der Waals surface area contributed by atoms with Gasteiger partial charge in [-0.25, -0.2) is 47.9 Å². The van der Waals surface area contributed by atoms with Gasteiger partial charge in [-0.05, 0) is 51.4 Å². The van der Waals surface area contributed by atoms with Crippen molar-refractivity contribution in [1.82, 2.24) is 0 Å². The summed E-state index contributed by atoms with van der Waals surface area (Å²) in [7, 11) is 0. The van der Waals surface area contributed by atoms with Crippen LogP contribution in [0.1, 0.15) is 103 Å². The first-order valence-electron chi connectivity index (χ1n) is 28.8. The number of unbranched alkanes of at least 4 members (excludes halogenated alkanes) is 3. The Balaban J connectivity index is -0.000000259. The van der Waals surface area contributed by atoms with Gasteiger partial charge in [0.15, 0.2) is 0 Å². The Hall–Kier alpha value is -11.6. The average Bonchev–Trinajstić information content (AvgIpc) is 3.02. The van der Waals surface area contributed by atoms with E-state index < -0.39 is 107 Å². The van der Waals surface area contributed by atoms with Crippen molar-refractivity contribution in [1.29, 1.82) is 0 Å². The van der Waals surface area contributed by atoms with Crippen LogP contribution >= 0.6 is 0 Å². The van der Waals surface area contributed by atoms with Crippen LogP contribution in [0.2, 0.25) is 0 Å². The highest BCUT2D eigenvalue weighted by Crippen LogP contribution is 2.02. The highest BCUT2D eigenvalue weighted by Gasteiger charge is 2.10. The van der Waals surface area contributed by atoms with Crippen LogP contribution in [0.15, 0.2) is 100 Å². The van der Waals surface area contributed by atoms with Crippen LogP contribution < -0.4 is 0 Å². The third-order valence-corrected chi connectivity index (χ3v) is 9.23. The average molecular weight is 1410 g/mol. The summed E-state index contributed by atoms with van der Waals surface area (Å²) in [5.74, 6) is -13.3. The number of carbonyl (C=O) groups is 18. The molecule has 0 aromatic carbocycles. The lowest BCUT2D eigenvalue weighted by Crippen LogP contribution is -2.13. The van der Waals surface area contributed by atoms with Crippen molar-refractivity contribution in [3.63, 3.8) is 0 Å². The molecule has 0 rings (SSSR count). The molecule has 0 bridgehead atoms. The summed E-state index contributed by atoms with van der Waals surface area (Å²) in [6.07, 6.45) is 12.3. The lowest BCUT2D eigenvalue weighted by molar-refractivity contribution is -0.151. The van der Waals surface area contributed by atoms with Gasteiger partial charge in [-0.1, -0.05) is 39.5 Å². The van der Waals surface area contributed by atoms with E-state index >= 15 is 0 Å². The second-order valence-corrected chi connectivity index (χ2v) is 17.2. The first kappa shape index (κ1) is 97.5. The molecule has 548 valence electrons. The molecule has 0 radical (unpaired) electrons. The number of aliphatic carboxylic acids is 6. The minimum absolute atomic E-state index is 0.0322. The molecule has 36 nitrogen and oxygen atoms in total. The number of esters is 12. The maximum atomic E-state index is 11.1. The Kier molecular flexibility index (Phi) is 70.8. The zero-order chi connectivity index (χ0) is 75.7. The normalized spacial score (nSPS) is 9.47. The van der Waals surface area contributed by atoms with Crippen molar-refractivity contribution in [3.05, 3.63) is 100 Å². The molecule has 0 aliphatic rings. The van der Waals surface area contributed by atoms with Crippen molar-refractivity contribution >= 4 is 107 Å². The molecule has 0 spiro atoms. The van der Waals surface area contributed by atoms with Crippen LogP contribution in [0.4, 0.5) is 0 Å². The molecule has 0 aromatic rings. The Labute approximate surface area is 562 Å². The van der Waals surface area contributed by atoms with Crippen molar-refractivity contribution in [2.45, 2.75) is 103 Å². The monoisotopic (exact) mass is 1400 g/mol. The zero-order valence-electron chi connectivity index (χ0n) is 53.7. The van der Waals surface area contributed by atoms with Crippen molar-refractivity contribution in [2.24, 2.45) is 0 Å². The van der Waals surface area contributed by atoms with E-state index in [1.54, 1.807) is 0 Å². The third kappa shape index (κ3) is 90.8. The molecule has 0 aliphatic carbocycles. The number of carbonyl (C=O) groups excluding carboxylic acids is 12. The van der Waals surface area contributed by atoms with E-state index in [0.29, 0.717) is 50.7 Å². The van der Waals surface area contributed by atoms with Crippen LogP contribution in [-0.4, -0.2) is 217 Å². The van der Waals surface area contributed by atoms with Gasteiger partial charge in [-0.2, -0.15) is 0 Å². The molecule has 0 saturated heterocycles. The fraction of sp³-hybridized carbons (Fsp3) is 0.452. The fourth-order valence-corrected chi connectivity index (χ4v) is 4.76. The van der Waals surface area contributed by atoms with Gasteiger partial charge < -0.3 is 87.5 Å². The molecular formula is C62H84O36. The number of hydrogen-bond donors (Lipinski definition) is 6. The van der Waals surface area contributed by atoms with Crippen LogP contribution in [0, 0.1) is 0 Å². The predicted molar refractivity (Wildman–Crippen MR) is 331 cm³/mol. The Morgan fingerprint density at radius 2 is 0.388 bits per heavy atom. The first-order valence-corrected chi connectivity index (χ1v) is 28.8. The summed E-state index contributed by atoms with van der Waals surface area (Å²) < 4.78 is 55.7. The van der Waals surface area contributed by atoms with Gasteiger partial charge in [0.25, 0.3) is 0 Å². The molecule has 0 fully saturated rings. The lowest BCUT2D eigenvalue weighted by Gasteiger charge is -2.04. The highest BCUT2D eigenvalue weighted by atomic mass is 16.6. The van der Waals surface area contributed by atoms with E-state index in [9.17, 15) is 86.3 Å². The number of carboxylic acids is 6. The highest BCUT2D eigenvalue weighted by molar-refractivity contribution is 5.91. The van der Waals surface area contributed by atoms with Crippen molar-refractivity contribution in [3.8, 4) is 0 Å². The Bertz CT molecular complexity index is 2630. The third-order valence-electron chi connectivity index (χ3n) is 9.23. The van der Waals surface area contributed by atoms with Gasteiger partial charge in [0.2, 0.25) is 0 Å². The summed E-state index contributed by atoms with van der Waals surface area (Å²) in [5.41, 5.74) is 0. The van der Waals surface area contributed by atoms with Crippen LogP contribution in [-0.2, 0) is 143 Å². The largest absolute Gasteiger partial charge is 0.481 e. The Morgan fingerprint density at radius 3 is 0.612 bits per heavy atom. The predicted octanol–water partition coefficient (Wildman–Crippen LogP) is 3.41. The molecule has 0 amide bonds. The van der Waals surface area contributed by atoms with E-state index in [-0.39, 0.29) is 143 Å². The first-order chi connectivity index (χ1) is 46.3. The maximum absolute atomic E-state index is 11.1. The lowest BCUT2D eigenvalue weighted by atomic mass is 10.2. The standard InChI is InChI=1S/C12H18O6.C11H16O6.C11H14O6.C10H14O6.C9H12O6.C9H10O6/c1-2-11(15)17-8-3-4-9-18-12(16)7-5-6-10(13)14;2*1-2-10(14)16-7-3-4-8-17-11(15)6-5-9(12)13;1-2-9(13)15-6-7-16-10(14)5-3-4-8(11)12;2*1-2-8(12)14-5-6-15-9(13)4-3-7(10)11/h2H,1,3-9H2,(H,13,14);2H,1,3-8H2,(H,12,13);2,5-6H,1,3-4,7-8H2,(H,12,13);2H,1,3-7H2,(H,11,12);2H,1,3-6H2,(H,10,11);2-4H,1,5-6H2,(H,10,11)/b;;6-5+;;;4-3+. The van der Waals surface area contributed by atoms with Gasteiger partial charge in [-0.15, -0.1) is 0 Å². The summed E-state index contributed by atoms with van der Waals surface area (Å²) in [6.45, 7) is 20.1. The van der Waals surface area contributed by atoms with E-state index in [0.717, 1.165) is 48.6 Å². The molecule has 36 heteroatoms. The van der Waals surface area contributed by atoms with Crippen LogP contribution in [0.5, 0.6) is 0 Å².